The molecule has 2 fully saturated rings. The van der Waals surface area contributed by atoms with Gasteiger partial charge in [-0.05, 0) is 127 Å². The van der Waals surface area contributed by atoms with E-state index in [4.69, 9.17) is 0 Å². The molecular formula is C30H52O. The number of rotatable bonds is 10. The number of aliphatic hydroxyl groups excluding tert-OH is 1. The van der Waals surface area contributed by atoms with Gasteiger partial charge in [-0.3, -0.25) is 0 Å². The van der Waals surface area contributed by atoms with Gasteiger partial charge in [0.15, 0.2) is 0 Å². The summed E-state index contributed by atoms with van der Waals surface area (Å²) >= 11 is 0. The quantitative estimate of drug-likeness (QED) is 0.344. The largest absolute Gasteiger partial charge is 0.396 e. The van der Waals surface area contributed by atoms with E-state index in [1.807, 2.05) is 0 Å². The number of hydrogen-bond donors (Lipinski definition) is 1. The van der Waals surface area contributed by atoms with Crippen molar-refractivity contribution in [2.24, 2.45) is 28.6 Å². The third-order valence-corrected chi connectivity index (χ3v) is 9.32. The predicted molar refractivity (Wildman–Crippen MR) is 137 cm³/mol. The summed E-state index contributed by atoms with van der Waals surface area (Å²) in [7, 11) is 0. The van der Waals surface area contributed by atoms with Gasteiger partial charge in [-0.1, -0.05) is 55.2 Å². The van der Waals surface area contributed by atoms with Crippen molar-refractivity contribution >= 4 is 0 Å². The smallest absolute Gasteiger partial charge is 0.0431 e. The van der Waals surface area contributed by atoms with Gasteiger partial charge < -0.3 is 5.11 Å². The van der Waals surface area contributed by atoms with E-state index in [-0.39, 0.29) is 0 Å². The standard InChI is InChI=1S/C30H52O/c1-22(2)12-9-13-24(5)14-10-15-25(6)29(7)19-20-30(8)27(16-11-21-31)26(23(3)4)17-18-28(29)30/h12,14,25,27-28,31H,9-11,13,15-21H2,1-8H3/b24-14+/t25-,27-,28?,29-,30+/m1/s1. The molecule has 0 aromatic heterocycles. The Morgan fingerprint density at radius 1 is 1.06 bits per heavy atom. The molecule has 1 unspecified atom stereocenters. The minimum absolute atomic E-state index is 0.334. The van der Waals surface area contributed by atoms with Gasteiger partial charge in [0, 0.05) is 6.61 Å². The third kappa shape index (κ3) is 6.16. The zero-order valence-electron chi connectivity index (χ0n) is 22.1. The molecule has 2 saturated carbocycles. The molecule has 0 aliphatic heterocycles. The number of aliphatic hydroxyl groups is 1. The summed E-state index contributed by atoms with van der Waals surface area (Å²) in [5, 5.41) is 9.54. The zero-order valence-corrected chi connectivity index (χ0v) is 22.1. The number of allylic oxidation sites excluding steroid dienone is 6. The molecule has 31 heavy (non-hydrogen) atoms. The molecule has 1 heteroatoms. The molecule has 0 radical (unpaired) electrons. The molecule has 1 N–H and O–H groups in total. The average Bonchev–Trinajstić information content (AvgIpc) is 2.98. The van der Waals surface area contributed by atoms with Crippen molar-refractivity contribution in [3.63, 3.8) is 0 Å². The van der Waals surface area contributed by atoms with Crippen molar-refractivity contribution in [3.05, 3.63) is 34.4 Å². The topological polar surface area (TPSA) is 20.2 Å². The van der Waals surface area contributed by atoms with Crippen LogP contribution >= 0.6 is 0 Å². The van der Waals surface area contributed by atoms with Crippen LogP contribution in [0.15, 0.2) is 34.4 Å². The second-order valence-electron chi connectivity index (χ2n) is 11.9. The Kier molecular flexibility index (Phi) is 9.68. The fourth-order valence-corrected chi connectivity index (χ4v) is 7.18. The SMILES string of the molecule is CC(C)=CCC/C(C)=C/CC[C@@H](C)[C@@]1(C)CC[C@]2(C)C1CCC(=C(C)C)[C@H]2CCCO. The summed E-state index contributed by atoms with van der Waals surface area (Å²) in [4.78, 5) is 0. The van der Waals surface area contributed by atoms with Crippen molar-refractivity contribution in [2.45, 2.75) is 120 Å². The molecule has 0 aromatic rings. The summed E-state index contributed by atoms with van der Waals surface area (Å²) in [6.07, 6.45) is 17.3. The van der Waals surface area contributed by atoms with Gasteiger partial charge >= 0.3 is 0 Å². The van der Waals surface area contributed by atoms with E-state index in [1.165, 1.54) is 68.9 Å². The van der Waals surface area contributed by atoms with E-state index in [0.717, 1.165) is 18.3 Å². The van der Waals surface area contributed by atoms with E-state index in [2.05, 4.69) is 67.5 Å². The zero-order chi connectivity index (χ0) is 23.2. The van der Waals surface area contributed by atoms with Gasteiger partial charge in [0.05, 0.1) is 0 Å². The van der Waals surface area contributed by atoms with Gasteiger partial charge in [-0.2, -0.15) is 0 Å². The van der Waals surface area contributed by atoms with Crippen LogP contribution in [0.1, 0.15) is 120 Å². The monoisotopic (exact) mass is 428 g/mol. The minimum atomic E-state index is 0.334. The van der Waals surface area contributed by atoms with Crippen molar-refractivity contribution in [1.29, 1.82) is 0 Å². The lowest BCUT2D eigenvalue weighted by Gasteiger charge is -2.51. The Bertz CT molecular complexity index is 673. The lowest BCUT2D eigenvalue weighted by molar-refractivity contribution is 0.0135. The van der Waals surface area contributed by atoms with E-state index < -0.39 is 0 Å². The fraction of sp³-hybridized carbons (Fsp3) is 0.800. The summed E-state index contributed by atoms with van der Waals surface area (Å²) in [6, 6.07) is 0. The summed E-state index contributed by atoms with van der Waals surface area (Å²) in [6.45, 7) is 19.4. The second-order valence-corrected chi connectivity index (χ2v) is 11.9. The lowest BCUT2D eigenvalue weighted by Crippen LogP contribution is -2.43. The maximum atomic E-state index is 9.54. The summed E-state index contributed by atoms with van der Waals surface area (Å²) < 4.78 is 0. The Morgan fingerprint density at radius 3 is 2.39 bits per heavy atom. The van der Waals surface area contributed by atoms with E-state index >= 15 is 0 Å². The molecular weight excluding hydrogens is 376 g/mol. The first-order valence-electron chi connectivity index (χ1n) is 13.1. The first-order valence-corrected chi connectivity index (χ1v) is 13.1. The highest BCUT2D eigenvalue weighted by molar-refractivity contribution is 5.24. The Hall–Kier alpha value is -0.820. The average molecular weight is 429 g/mol. The molecule has 0 saturated heterocycles. The van der Waals surface area contributed by atoms with Crippen molar-refractivity contribution in [2.75, 3.05) is 6.61 Å². The van der Waals surface area contributed by atoms with Crippen molar-refractivity contribution in [1.82, 2.24) is 0 Å². The molecule has 0 spiro atoms. The molecule has 2 aliphatic rings. The molecule has 5 atom stereocenters. The van der Waals surface area contributed by atoms with Gasteiger partial charge in [-0.15, -0.1) is 0 Å². The molecule has 178 valence electrons. The van der Waals surface area contributed by atoms with Crippen LogP contribution in [0.3, 0.4) is 0 Å². The highest BCUT2D eigenvalue weighted by Gasteiger charge is 2.58. The van der Waals surface area contributed by atoms with E-state index in [9.17, 15) is 5.11 Å². The van der Waals surface area contributed by atoms with Crippen LogP contribution < -0.4 is 0 Å². The summed E-state index contributed by atoms with van der Waals surface area (Å²) in [5.74, 6) is 2.27. The first kappa shape index (κ1) is 26.4. The van der Waals surface area contributed by atoms with E-state index in [1.54, 1.807) is 11.1 Å². The van der Waals surface area contributed by atoms with Crippen LogP contribution in [0, 0.1) is 28.6 Å². The third-order valence-electron chi connectivity index (χ3n) is 9.32. The van der Waals surface area contributed by atoms with Crippen LogP contribution in [0.4, 0.5) is 0 Å². The normalized spacial score (nSPS) is 32.0. The van der Waals surface area contributed by atoms with Gasteiger partial charge in [0.2, 0.25) is 0 Å². The molecule has 2 aliphatic carbocycles. The van der Waals surface area contributed by atoms with Crippen LogP contribution in [0.25, 0.3) is 0 Å². The van der Waals surface area contributed by atoms with Crippen LogP contribution in [-0.4, -0.2) is 11.7 Å². The highest BCUT2D eigenvalue weighted by Crippen LogP contribution is 2.67. The molecule has 0 heterocycles. The van der Waals surface area contributed by atoms with Gasteiger partial charge in [-0.25, -0.2) is 0 Å². The Labute approximate surface area is 194 Å². The fourth-order valence-electron chi connectivity index (χ4n) is 7.18. The number of hydrogen-bond acceptors (Lipinski definition) is 1. The van der Waals surface area contributed by atoms with E-state index in [0.29, 0.717) is 23.4 Å². The lowest BCUT2D eigenvalue weighted by atomic mass is 9.53. The molecule has 0 amide bonds. The van der Waals surface area contributed by atoms with Crippen LogP contribution in [0.5, 0.6) is 0 Å². The van der Waals surface area contributed by atoms with Gasteiger partial charge in [0.25, 0.3) is 0 Å². The number of fused-ring (bicyclic) bond motifs is 1. The highest BCUT2D eigenvalue weighted by atomic mass is 16.2. The maximum Gasteiger partial charge on any atom is 0.0431 e. The Morgan fingerprint density at radius 2 is 1.77 bits per heavy atom. The molecule has 0 aromatic carbocycles. The van der Waals surface area contributed by atoms with Crippen molar-refractivity contribution in [3.8, 4) is 0 Å². The van der Waals surface area contributed by atoms with Gasteiger partial charge in [0.1, 0.15) is 0 Å². The molecule has 2 rings (SSSR count). The van der Waals surface area contributed by atoms with Crippen LogP contribution in [0.2, 0.25) is 0 Å². The molecule has 0 bridgehead atoms. The Balaban J connectivity index is 2.07. The first-order chi connectivity index (χ1) is 14.6. The second kappa shape index (κ2) is 11.4. The minimum Gasteiger partial charge on any atom is -0.396 e. The maximum absolute atomic E-state index is 9.54. The van der Waals surface area contributed by atoms with Crippen molar-refractivity contribution < 1.29 is 5.11 Å². The predicted octanol–water partition coefficient (Wildman–Crippen LogP) is 9.04. The summed E-state index contributed by atoms with van der Waals surface area (Å²) in [5.41, 5.74) is 7.13. The molecule has 1 nitrogen and oxygen atoms in total. The van der Waals surface area contributed by atoms with Crippen LogP contribution in [-0.2, 0) is 0 Å².